The summed E-state index contributed by atoms with van der Waals surface area (Å²) >= 11 is 3.19. The molecule has 0 aliphatic rings. The highest BCUT2D eigenvalue weighted by Gasteiger charge is 2.06. The molecule has 6 heteroatoms. The minimum atomic E-state index is 0.136. The highest BCUT2D eigenvalue weighted by atomic mass is 79.9. The second-order valence-corrected chi connectivity index (χ2v) is 3.18. The highest BCUT2D eigenvalue weighted by molar-refractivity contribution is 9.10. The van der Waals surface area contributed by atoms with Gasteiger partial charge in [-0.1, -0.05) is 0 Å². The van der Waals surface area contributed by atoms with Crippen molar-refractivity contribution in [2.75, 3.05) is 18.0 Å². The van der Waals surface area contributed by atoms with E-state index in [4.69, 9.17) is 10.5 Å². The minimum absolute atomic E-state index is 0.136. The summed E-state index contributed by atoms with van der Waals surface area (Å²) in [6, 6.07) is 5.60. The third kappa shape index (κ3) is 2.68. The average Bonchev–Trinajstić information content (AvgIpc) is 2.17. The summed E-state index contributed by atoms with van der Waals surface area (Å²) in [5.74, 6) is 0.565. The standard InChI is InChI=1S/C8H6BrN5/c9-7-5-8(13-6-12-7)14(3-1-10)4-2-11/h5-6H,3-4H2. The molecule has 1 aromatic rings. The number of nitrogens with zero attached hydrogens (tertiary/aromatic N) is 5. The first-order valence-corrected chi connectivity index (χ1v) is 4.53. The van der Waals surface area contributed by atoms with Gasteiger partial charge in [0.05, 0.1) is 12.1 Å². The molecule has 1 heterocycles. The van der Waals surface area contributed by atoms with Crippen LogP contribution in [-0.2, 0) is 0 Å². The van der Waals surface area contributed by atoms with Crippen molar-refractivity contribution in [1.29, 1.82) is 10.5 Å². The van der Waals surface area contributed by atoms with Crippen LogP contribution in [0, 0.1) is 22.7 Å². The normalized spacial score (nSPS) is 8.79. The Kier molecular flexibility index (Phi) is 3.84. The van der Waals surface area contributed by atoms with Crippen LogP contribution in [0.5, 0.6) is 0 Å². The van der Waals surface area contributed by atoms with Crippen LogP contribution < -0.4 is 4.90 Å². The van der Waals surface area contributed by atoms with Gasteiger partial charge in [0.2, 0.25) is 0 Å². The van der Waals surface area contributed by atoms with Gasteiger partial charge in [0.1, 0.15) is 29.8 Å². The van der Waals surface area contributed by atoms with E-state index in [2.05, 4.69) is 25.9 Å². The molecule has 0 saturated carbocycles. The molecule has 0 aliphatic carbocycles. The minimum Gasteiger partial charge on any atom is -0.330 e. The fraction of sp³-hybridized carbons (Fsp3) is 0.250. The zero-order valence-electron chi connectivity index (χ0n) is 7.18. The fourth-order valence-electron chi connectivity index (χ4n) is 0.886. The molecule has 1 rings (SSSR count). The van der Waals surface area contributed by atoms with Crippen LogP contribution in [-0.4, -0.2) is 23.1 Å². The number of aromatic nitrogens is 2. The Labute approximate surface area is 89.7 Å². The Bertz CT molecular complexity index is 375. The van der Waals surface area contributed by atoms with Crippen LogP contribution in [0.25, 0.3) is 0 Å². The Balaban J connectivity index is 2.89. The molecule has 0 fully saturated rings. The monoisotopic (exact) mass is 251 g/mol. The summed E-state index contributed by atoms with van der Waals surface area (Å²) in [5.41, 5.74) is 0. The van der Waals surface area contributed by atoms with Crippen molar-refractivity contribution >= 4 is 21.7 Å². The van der Waals surface area contributed by atoms with Crippen molar-refractivity contribution in [2.45, 2.75) is 0 Å². The zero-order chi connectivity index (χ0) is 10.4. The lowest BCUT2D eigenvalue weighted by Gasteiger charge is -2.15. The van der Waals surface area contributed by atoms with Gasteiger partial charge in [-0.3, -0.25) is 0 Å². The maximum absolute atomic E-state index is 8.54. The van der Waals surface area contributed by atoms with Crippen molar-refractivity contribution in [1.82, 2.24) is 9.97 Å². The average molecular weight is 252 g/mol. The van der Waals surface area contributed by atoms with E-state index < -0.39 is 0 Å². The number of hydrogen-bond acceptors (Lipinski definition) is 5. The van der Waals surface area contributed by atoms with E-state index in [1.165, 1.54) is 6.33 Å². The van der Waals surface area contributed by atoms with Crippen molar-refractivity contribution in [3.63, 3.8) is 0 Å². The van der Waals surface area contributed by atoms with Crippen molar-refractivity contribution < 1.29 is 0 Å². The van der Waals surface area contributed by atoms with Gasteiger partial charge in [-0.25, -0.2) is 9.97 Å². The van der Waals surface area contributed by atoms with Gasteiger partial charge in [0, 0.05) is 6.07 Å². The molecule has 0 amide bonds. The van der Waals surface area contributed by atoms with Gasteiger partial charge in [0.25, 0.3) is 0 Å². The van der Waals surface area contributed by atoms with E-state index in [0.717, 1.165) is 0 Å². The van der Waals surface area contributed by atoms with Crippen LogP contribution in [0.15, 0.2) is 17.0 Å². The molecule has 0 radical (unpaired) electrons. The van der Waals surface area contributed by atoms with Crippen LogP contribution in [0.1, 0.15) is 0 Å². The molecule has 0 bridgehead atoms. The molecule has 70 valence electrons. The molecule has 5 nitrogen and oxygen atoms in total. The van der Waals surface area contributed by atoms with Crippen molar-refractivity contribution in [3.8, 4) is 12.1 Å². The summed E-state index contributed by atoms with van der Waals surface area (Å²) in [5, 5.41) is 17.1. The number of nitriles is 2. The maximum Gasteiger partial charge on any atom is 0.134 e. The first-order valence-electron chi connectivity index (χ1n) is 3.74. The lowest BCUT2D eigenvalue weighted by molar-refractivity contribution is 0.922. The van der Waals surface area contributed by atoms with Gasteiger partial charge < -0.3 is 4.90 Å². The van der Waals surface area contributed by atoms with Crippen LogP contribution >= 0.6 is 15.9 Å². The number of hydrogen-bond donors (Lipinski definition) is 0. The van der Waals surface area contributed by atoms with E-state index in [1.54, 1.807) is 11.0 Å². The molecular formula is C8H6BrN5. The van der Waals surface area contributed by atoms with Gasteiger partial charge >= 0.3 is 0 Å². The molecule has 0 atom stereocenters. The first-order chi connectivity index (χ1) is 6.77. The molecular weight excluding hydrogens is 246 g/mol. The third-order valence-electron chi connectivity index (χ3n) is 1.47. The predicted molar refractivity (Wildman–Crippen MR) is 53.2 cm³/mol. The first kappa shape index (κ1) is 10.4. The summed E-state index contributed by atoms with van der Waals surface area (Å²) in [6.45, 7) is 0.272. The fourth-order valence-corrected chi connectivity index (χ4v) is 1.18. The van der Waals surface area contributed by atoms with E-state index in [-0.39, 0.29) is 13.1 Å². The summed E-state index contributed by atoms with van der Waals surface area (Å²) in [7, 11) is 0. The highest BCUT2D eigenvalue weighted by Crippen LogP contribution is 2.13. The quantitative estimate of drug-likeness (QED) is 0.594. The van der Waals surface area contributed by atoms with Crippen LogP contribution in [0.2, 0.25) is 0 Å². The van der Waals surface area contributed by atoms with Crippen molar-refractivity contribution in [3.05, 3.63) is 17.0 Å². The smallest absolute Gasteiger partial charge is 0.134 e. The topological polar surface area (TPSA) is 76.6 Å². The third-order valence-corrected chi connectivity index (χ3v) is 1.90. The van der Waals surface area contributed by atoms with Gasteiger partial charge in [-0.2, -0.15) is 10.5 Å². The van der Waals surface area contributed by atoms with Gasteiger partial charge in [0.15, 0.2) is 0 Å². The second-order valence-electron chi connectivity index (χ2n) is 2.37. The summed E-state index contributed by atoms with van der Waals surface area (Å²) in [6.07, 6.45) is 1.38. The molecule has 0 aliphatic heterocycles. The van der Waals surface area contributed by atoms with E-state index in [1.807, 2.05) is 12.1 Å². The van der Waals surface area contributed by atoms with E-state index in [0.29, 0.717) is 10.4 Å². The summed E-state index contributed by atoms with van der Waals surface area (Å²) < 4.78 is 0.628. The lowest BCUT2D eigenvalue weighted by Crippen LogP contribution is -2.24. The molecule has 0 spiro atoms. The number of halogens is 1. The SMILES string of the molecule is N#CCN(CC#N)c1cc(Br)ncn1. The Hall–Kier alpha value is -1.66. The Morgan fingerprint density at radius 3 is 2.43 bits per heavy atom. The number of anilines is 1. The molecule has 0 saturated heterocycles. The van der Waals surface area contributed by atoms with Crippen molar-refractivity contribution in [2.24, 2.45) is 0 Å². The Morgan fingerprint density at radius 2 is 1.93 bits per heavy atom. The zero-order valence-corrected chi connectivity index (χ0v) is 8.77. The van der Waals surface area contributed by atoms with Crippen LogP contribution in [0.3, 0.4) is 0 Å². The lowest BCUT2D eigenvalue weighted by atomic mass is 10.4. The largest absolute Gasteiger partial charge is 0.330 e. The summed E-state index contributed by atoms with van der Waals surface area (Å²) in [4.78, 5) is 9.38. The molecule has 0 unspecified atom stereocenters. The molecule has 1 aromatic heterocycles. The Morgan fingerprint density at radius 1 is 1.29 bits per heavy atom. The van der Waals surface area contributed by atoms with Gasteiger partial charge in [-0.05, 0) is 15.9 Å². The van der Waals surface area contributed by atoms with Crippen LogP contribution in [0.4, 0.5) is 5.82 Å². The molecule has 0 N–H and O–H groups in total. The molecule has 14 heavy (non-hydrogen) atoms. The van der Waals surface area contributed by atoms with Gasteiger partial charge in [-0.15, -0.1) is 0 Å². The molecule has 0 aromatic carbocycles. The second kappa shape index (κ2) is 5.15. The predicted octanol–water partition coefficient (Wildman–Crippen LogP) is 1.09. The number of rotatable bonds is 3. The van der Waals surface area contributed by atoms with E-state index >= 15 is 0 Å². The maximum atomic E-state index is 8.54. The van der Waals surface area contributed by atoms with E-state index in [9.17, 15) is 0 Å².